The average molecular weight is 499 g/mol. The van der Waals surface area contributed by atoms with Gasteiger partial charge in [0.05, 0.1) is 24.6 Å². The number of rotatable bonds is 3. The maximum absolute atomic E-state index is 15.0. The van der Waals surface area contributed by atoms with Gasteiger partial charge in [-0.05, 0) is 29.7 Å². The Balaban J connectivity index is 1.82. The molecular formula is C21H15BrF4N2O3. The van der Waals surface area contributed by atoms with Crippen molar-refractivity contribution in [2.45, 2.75) is 18.6 Å². The van der Waals surface area contributed by atoms with Crippen molar-refractivity contribution in [3.05, 3.63) is 79.7 Å². The number of halogens is 5. The number of fused-ring (bicyclic) bond motifs is 3. The Morgan fingerprint density at radius 1 is 1.19 bits per heavy atom. The number of ether oxygens (including phenoxy) is 1. The van der Waals surface area contributed by atoms with E-state index in [9.17, 15) is 27.2 Å². The number of pyridine rings is 1. The summed E-state index contributed by atoms with van der Waals surface area (Å²) in [4.78, 5) is 28.4. The van der Waals surface area contributed by atoms with E-state index in [4.69, 9.17) is 4.74 Å². The van der Waals surface area contributed by atoms with E-state index in [0.717, 1.165) is 29.2 Å². The molecule has 3 aromatic rings. The first-order valence-electron chi connectivity index (χ1n) is 9.14. The van der Waals surface area contributed by atoms with Gasteiger partial charge in [0.2, 0.25) is 0 Å². The second-order valence-corrected chi connectivity index (χ2v) is 8.11. The van der Waals surface area contributed by atoms with Gasteiger partial charge in [-0.2, -0.15) is 8.78 Å². The Labute approximate surface area is 181 Å². The van der Waals surface area contributed by atoms with Crippen LogP contribution in [-0.4, -0.2) is 29.4 Å². The number of carbonyl (C=O) groups excluding carboxylic acids is 1. The molecule has 5 nitrogen and oxygen atoms in total. The minimum Gasteiger partial charge on any atom is -0.373 e. The Morgan fingerprint density at radius 3 is 2.55 bits per heavy atom. The van der Waals surface area contributed by atoms with Crippen LogP contribution in [0.15, 0.2) is 45.7 Å². The summed E-state index contributed by atoms with van der Waals surface area (Å²) in [5, 5.41) is -0.111. The number of carbonyl (C=O) groups is 1. The van der Waals surface area contributed by atoms with Gasteiger partial charge in [0, 0.05) is 28.3 Å². The number of aromatic nitrogens is 1. The van der Waals surface area contributed by atoms with E-state index in [2.05, 4.69) is 20.9 Å². The fourth-order valence-electron chi connectivity index (χ4n) is 3.72. The predicted molar refractivity (Wildman–Crippen MR) is 108 cm³/mol. The van der Waals surface area contributed by atoms with Crippen molar-refractivity contribution in [1.82, 2.24) is 9.88 Å². The SMILES string of the molecule is CN(C(=O)C(F)(F)c1cccc(Br)c1)[C@H]1COCc2[nH]c(=O)c3cc(F)c(F)cc3c21. The lowest BCUT2D eigenvalue weighted by atomic mass is 9.94. The van der Waals surface area contributed by atoms with E-state index < -0.39 is 40.6 Å². The van der Waals surface area contributed by atoms with Crippen molar-refractivity contribution in [2.24, 2.45) is 0 Å². The third-order valence-electron chi connectivity index (χ3n) is 5.28. The molecule has 0 bridgehead atoms. The smallest absolute Gasteiger partial charge is 0.350 e. The van der Waals surface area contributed by atoms with Gasteiger partial charge in [-0.1, -0.05) is 28.1 Å². The number of alkyl halides is 2. The first-order chi connectivity index (χ1) is 14.6. The molecule has 1 aliphatic rings. The van der Waals surface area contributed by atoms with E-state index in [0.29, 0.717) is 4.47 Å². The number of nitrogens with zero attached hydrogens (tertiary/aromatic N) is 1. The molecule has 0 radical (unpaired) electrons. The molecule has 31 heavy (non-hydrogen) atoms. The highest BCUT2D eigenvalue weighted by molar-refractivity contribution is 9.10. The second-order valence-electron chi connectivity index (χ2n) is 7.19. The maximum Gasteiger partial charge on any atom is 0.350 e. The van der Waals surface area contributed by atoms with Crippen LogP contribution in [0.25, 0.3) is 10.8 Å². The molecule has 0 unspecified atom stereocenters. The van der Waals surface area contributed by atoms with Gasteiger partial charge in [0.1, 0.15) is 0 Å². The Bertz CT molecular complexity index is 1260. The standard InChI is InChI=1S/C21H15BrF4N2O3/c1-28(20(30)21(25,26)10-3-2-4-11(22)5-10)17-9-31-8-16-18(17)12-6-14(23)15(24)7-13(12)19(29)27-16/h2-7,17H,8-9H2,1H3,(H,27,29)/t17-/m0/s1. The van der Waals surface area contributed by atoms with E-state index >= 15 is 0 Å². The molecule has 162 valence electrons. The van der Waals surface area contributed by atoms with E-state index in [1.165, 1.54) is 13.1 Å². The van der Waals surface area contributed by atoms with Gasteiger partial charge in [-0.15, -0.1) is 0 Å². The number of likely N-dealkylation sites (N-methyl/N-ethyl adjacent to an activating group) is 1. The normalized spacial score (nSPS) is 16.3. The van der Waals surface area contributed by atoms with Crippen LogP contribution in [0.5, 0.6) is 0 Å². The van der Waals surface area contributed by atoms with Crippen LogP contribution in [0.4, 0.5) is 17.6 Å². The van der Waals surface area contributed by atoms with Gasteiger partial charge in [-0.3, -0.25) is 9.59 Å². The van der Waals surface area contributed by atoms with E-state index in [1.54, 1.807) is 6.07 Å². The highest BCUT2D eigenvalue weighted by atomic mass is 79.9. The van der Waals surface area contributed by atoms with Crippen LogP contribution in [0.1, 0.15) is 22.9 Å². The summed E-state index contributed by atoms with van der Waals surface area (Å²) in [6.45, 7) is -0.232. The first kappa shape index (κ1) is 21.5. The molecule has 2 aromatic carbocycles. The summed E-state index contributed by atoms with van der Waals surface area (Å²) in [6.07, 6.45) is 0. The molecule has 1 amide bonds. The number of hydrogen-bond acceptors (Lipinski definition) is 3. The fraction of sp³-hybridized carbons (Fsp3) is 0.238. The molecular weight excluding hydrogens is 484 g/mol. The van der Waals surface area contributed by atoms with Gasteiger partial charge in [-0.25, -0.2) is 8.78 Å². The van der Waals surface area contributed by atoms with E-state index in [-0.39, 0.29) is 35.2 Å². The molecule has 0 saturated carbocycles. The molecule has 10 heteroatoms. The van der Waals surface area contributed by atoms with Crippen molar-refractivity contribution in [3.8, 4) is 0 Å². The third-order valence-corrected chi connectivity index (χ3v) is 5.78. The van der Waals surface area contributed by atoms with Crippen LogP contribution in [-0.2, 0) is 22.1 Å². The summed E-state index contributed by atoms with van der Waals surface area (Å²) in [7, 11) is 1.17. The van der Waals surface area contributed by atoms with Gasteiger partial charge < -0.3 is 14.6 Å². The molecule has 1 N–H and O–H groups in total. The fourth-order valence-corrected chi connectivity index (χ4v) is 4.12. The molecule has 1 atom stereocenters. The van der Waals surface area contributed by atoms with Crippen molar-refractivity contribution >= 4 is 32.6 Å². The van der Waals surface area contributed by atoms with Gasteiger partial charge >= 0.3 is 5.92 Å². The topological polar surface area (TPSA) is 62.4 Å². The number of nitrogens with one attached hydrogen (secondary N) is 1. The van der Waals surface area contributed by atoms with E-state index in [1.807, 2.05) is 0 Å². The highest BCUT2D eigenvalue weighted by Gasteiger charge is 2.46. The molecule has 1 aliphatic heterocycles. The minimum atomic E-state index is -3.86. The quantitative estimate of drug-likeness (QED) is 0.544. The summed E-state index contributed by atoms with van der Waals surface area (Å²) in [6, 6.07) is 5.73. The summed E-state index contributed by atoms with van der Waals surface area (Å²) < 4.78 is 63.4. The van der Waals surface area contributed by atoms with Crippen LogP contribution < -0.4 is 5.56 Å². The summed E-state index contributed by atoms with van der Waals surface area (Å²) in [5.74, 6) is -7.77. The predicted octanol–water partition coefficient (Wildman–Crippen LogP) is 4.39. The zero-order valence-corrected chi connectivity index (χ0v) is 17.6. The molecule has 0 saturated heterocycles. The van der Waals surface area contributed by atoms with Crippen molar-refractivity contribution < 1.29 is 27.1 Å². The lowest BCUT2D eigenvalue weighted by Gasteiger charge is -2.35. The zero-order valence-electron chi connectivity index (χ0n) is 16.0. The Kier molecular flexibility index (Phi) is 5.38. The average Bonchev–Trinajstić information content (AvgIpc) is 2.73. The number of aromatic amines is 1. The first-order valence-corrected chi connectivity index (χ1v) is 9.93. The monoisotopic (exact) mass is 498 g/mol. The molecule has 0 fully saturated rings. The lowest BCUT2D eigenvalue weighted by Crippen LogP contribution is -2.44. The Morgan fingerprint density at radius 2 is 1.87 bits per heavy atom. The second kappa shape index (κ2) is 7.76. The van der Waals surface area contributed by atoms with Crippen molar-refractivity contribution in [1.29, 1.82) is 0 Å². The number of benzene rings is 2. The molecule has 1 aromatic heterocycles. The zero-order chi connectivity index (χ0) is 22.5. The van der Waals surface area contributed by atoms with Crippen molar-refractivity contribution in [3.63, 3.8) is 0 Å². The minimum absolute atomic E-state index is 0.0383. The molecule has 0 aliphatic carbocycles. The van der Waals surface area contributed by atoms with Crippen LogP contribution in [0, 0.1) is 11.6 Å². The largest absolute Gasteiger partial charge is 0.373 e. The molecule has 0 spiro atoms. The van der Waals surface area contributed by atoms with Crippen LogP contribution in [0.2, 0.25) is 0 Å². The number of H-pyrrole nitrogens is 1. The van der Waals surface area contributed by atoms with Crippen LogP contribution >= 0.6 is 15.9 Å². The maximum atomic E-state index is 15.0. The number of amides is 1. The molecule has 2 heterocycles. The van der Waals surface area contributed by atoms with Gasteiger partial charge in [0.25, 0.3) is 11.5 Å². The number of hydrogen-bond donors (Lipinski definition) is 1. The summed E-state index contributed by atoms with van der Waals surface area (Å²) >= 11 is 3.11. The Hall–Kier alpha value is -2.72. The van der Waals surface area contributed by atoms with Crippen molar-refractivity contribution in [2.75, 3.05) is 13.7 Å². The summed E-state index contributed by atoms with van der Waals surface area (Å²) in [5.41, 5.74) is -0.730. The third kappa shape index (κ3) is 3.63. The molecule has 4 rings (SSSR count). The van der Waals surface area contributed by atoms with Crippen LogP contribution in [0.3, 0.4) is 0 Å². The lowest BCUT2D eigenvalue weighted by molar-refractivity contribution is -0.162. The van der Waals surface area contributed by atoms with Gasteiger partial charge in [0.15, 0.2) is 11.6 Å². The highest BCUT2D eigenvalue weighted by Crippen LogP contribution is 2.38.